The number of fused-ring (bicyclic) bond motifs is 1. The molecule has 130 valence electrons. The summed E-state index contributed by atoms with van der Waals surface area (Å²) < 4.78 is 6.81. The van der Waals surface area contributed by atoms with Gasteiger partial charge in [0.25, 0.3) is 0 Å². The van der Waals surface area contributed by atoms with Crippen LogP contribution in [0.15, 0.2) is 42.7 Å². The lowest BCUT2D eigenvalue weighted by Gasteiger charge is -2.11. The lowest BCUT2D eigenvalue weighted by atomic mass is 10.1. The number of nitrogens with zero attached hydrogens (tertiary/aromatic N) is 3. The average molecular weight is 378 g/mol. The van der Waals surface area contributed by atoms with Crippen molar-refractivity contribution in [1.82, 2.24) is 14.8 Å². The highest BCUT2D eigenvalue weighted by Gasteiger charge is 2.19. The second-order valence-electron chi connectivity index (χ2n) is 5.56. The number of carbonyl (C=O) groups excluding carboxylic acids is 1. The summed E-state index contributed by atoms with van der Waals surface area (Å²) in [5.41, 5.74) is 1.82. The van der Waals surface area contributed by atoms with E-state index in [0.717, 1.165) is 12.0 Å². The number of benzene rings is 1. The zero-order chi connectivity index (χ0) is 17.8. The lowest BCUT2D eigenvalue weighted by Crippen LogP contribution is -2.09. The highest BCUT2D eigenvalue weighted by atomic mass is 35.5. The van der Waals surface area contributed by atoms with Gasteiger partial charge in [0.2, 0.25) is 0 Å². The summed E-state index contributed by atoms with van der Waals surface area (Å²) >= 11 is 12.8. The van der Waals surface area contributed by atoms with Crippen LogP contribution in [0.5, 0.6) is 0 Å². The minimum atomic E-state index is -0.478. The molecule has 0 saturated heterocycles. The first-order valence-corrected chi connectivity index (χ1v) is 8.79. The van der Waals surface area contributed by atoms with E-state index in [1.54, 1.807) is 10.9 Å². The van der Waals surface area contributed by atoms with Gasteiger partial charge in [-0.2, -0.15) is 5.10 Å². The molecule has 7 heteroatoms. The number of halogens is 2. The van der Waals surface area contributed by atoms with E-state index >= 15 is 0 Å². The fraction of sp³-hybridized carbons (Fsp3) is 0.278. The Labute approximate surface area is 155 Å². The molecule has 0 N–H and O–H groups in total. The van der Waals surface area contributed by atoms with Crippen LogP contribution in [0.4, 0.5) is 0 Å². The molecule has 0 amide bonds. The second kappa shape index (κ2) is 7.85. The van der Waals surface area contributed by atoms with Gasteiger partial charge in [0.15, 0.2) is 5.65 Å². The summed E-state index contributed by atoms with van der Waals surface area (Å²) in [5, 5.41) is 4.96. The predicted molar refractivity (Wildman–Crippen MR) is 98.1 cm³/mol. The molecule has 0 saturated carbocycles. The van der Waals surface area contributed by atoms with E-state index in [2.05, 4.69) is 10.1 Å². The number of alkyl halides is 1. The first kappa shape index (κ1) is 17.7. The van der Waals surface area contributed by atoms with Crippen LogP contribution >= 0.6 is 23.2 Å². The van der Waals surface area contributed by atoms with Crippen LogP contribution in [0.2, 0.25) is 5.02 Å². The number of ether oxygens (including phenoxy) is 1. The largest absolute Gasteiger partial charge is 0.462 e. The standard InChI is InChI=1S/C18H17Cl2N3O2/c1-2-8-25-18(24)14-9-21-17-13(16(14)20)10-22-23(17)11-15(19)12-6-4-3-5-7-12/h3-7,9-10,15H,2,8,11H2,1H3. The summed E-state index contributed by atoms with van der Waals surface area (Å²) in [6, 6.07) is 9.75. The van der Waals surface area contributed by atoms with Gasteiger partial charge < -0.3 is 4.74 Å². The molecule has 1 atom stereocenters. The molecule has 0 aliphatic rings. The van der Waals surface area contributed by atoms with Crippen LogP contribution in [0.1, 0.15) is 34.6 Å². The van der Waals surface area contributed by atoms with E-state index in [1.807, 2.05) is 37.3 Å². The Morgan fingerprint density at radius 1 is 1.28 bits per heavy atom. The average Bonchev–Trinajstić information content (AvgIpc) is 3.04. The Morgan fingerprint density at radius 2 is 2.04 bits per heavy atom. The molecular weight excluding hydrogens is 361 g/mol. The number of rotatable bonds is 6. The van der Waals surface area contributed by atoms with E-state index in [4.69, 9.17) is 27.9 Å². The van der Waals surface area contributed by atoms with Crippen molar-refractivity contribution in [1.29, 1.82) is 0 Å². The molecule has 0 spiro atoms. The van der Waals surface area contributed by atoms with Gasteiger partial charge in [-0.15, -0.1) is 11.6 Å². The molecule has 3 rings (SSSR count). The van der Waals surface area contributed by atoms with Crippen LogP contribution in [-0.4, -0.2) is 27.3 Å². The third-order valence-corrected chi connectivity index (χ3v) is 4.55. The Balaban J connectivity index is 1.87. The van der Waals surface area contributed by atoms with E-state index in [0.29, 0.717) is 29.2 Å². The molecule has 2 aromatic heterocycles. The van der Waals surface area contributed by atoms with Crippen molar-refractivity contribution >= 4 is 40.2 Å². The van der Waals surface area contributed by atoms with Gasteiger partial charge in [-0.05, 0) is 12.0 Å². The van der Waals surface area contributed by atoms with E-state index in [1.165, 1.54) is 6.20 Å². The van der Waals surface area contributed by atoms with E-state index in [9.17, 15) is 4.79 Å². The fourth-order valence-electron chi connectivity index (χ4n) is 2.46. The van der Waals surface area contributed by atoms with Gasteiger partial charge in [-0.3, -0.25) is 0 Å². The van der Waals surface area contributed by atoms with Crippen LogP contribution in [0, 0.1) is 0 Å². The highest BCUT2D eigenvalue weighted by molar-refractivity contribution is 6.38. The molecule has 0 bridgehead atoms. The van der Waals surface area contributed by atoms with Crippen LogP contribution in [-0.2, 0) is 11.3 Å². The molecule has 0 aliphatic heterocycles. The van der Waals surface area contributed by atoms with Crippen LogP contribution in [0.3, 0.4) is 0 Å². The SMILES string of the molecule is CCCOC(=O)c1cnc2c(cnn2CC(Cl)c2ccccc2)c1Cl. The minimum Gasteiger partial charge on any atom is -0.462 e. The normalized spacial score (nSPS) is 12.3. The number of esters is 1. The molecule has 5 nitrogen and oxygen atoms in total. The summed E-state index contributed by atoms with van der Waals surface area (Å²) in [4.78, 5) is 16.4. The predicted octanol–water partition coefficient (Wildman–Crippen LogP) is 4.63. The molecule has 1 unspecified atom stereocenters. The van der Waals surface area contributed by atoms with Crippen molar-refractivity contribution in [3.63, 3.8) is 0 Å². The Hall–Kier alpha value is -2.11. The van der Waals surface area contributed by atoms with Gasteiger partial charge in [0.1, 0.15) is 0 Å². The van der Waals surface area contributed by atoms with Gasteiger partial charge in [0.05, 0.1) is 40.7 Å². The Bertz CT molecular complexity index is 881. The highest BCUT2D eigenvalue weighted by Crippen LogP contribution is 2.28. The Morgan fingerprint density at radius 3 is 2.76 bits per heavy atom. The first-order chi connectivity index (χ1) is 12.1. The molecule has 0 aliphatic carbocycles. The number of hydrogen-bond acceptors (Lipinski definition) is 4. The van der Waals surface area contributed by atoms with Gasteiger partial charge in [0, 0.05) is 6.20 Å². The van der Waals surface area contributed by atoms with Crippen LogP contribution in [0.25, 0.3) is 11.0 Å². The molecule has 25 heavy (non-hydrogen) atoms. The molecular formula is C18H17Cl2N3O2. The summed E-state index contributed by atoms with van der Waals surface area (Å²) in [7, 11) is 0. The zero-order valence-electron chi connectivity index (χ0n) is 13.7. The van der Waals surface area contributed by atoms with E-state index < -0.39 is 5.97 Å². The number of aromatic nitrogens is 3. The zero-order valence-corrected chi connectivity index (χ0v) is 15.2. The summed E-state index contributed by atoms with van der Waals surface area (Å²) in [5.74, 6) is -0.478. The quantitative estimate of drug-likeness (QED) is 0.464. The number of carbonyl (C=O) groups is 1. The molecule has 0 radical (unpaired) electrons. The van der Waals surface area contributed by atoms with E-state index in [-0.39, 0.29) is 10.9 Å². The van der Waals surface area contributed by atoms with Crippen molar-refractivity contribution in [2.75, 3.05) is 6.61 Å². The summed E-state index contributed by atoms with van der Waals surface area (Å²) in [6.07, 6.45) is 3.76. The summed E-state index contributed by atoms with van der Waals surface area (Å²) in [6.45, 7) is 2.71. The molecule has 0 fully saturated rings. The van der Waals surface area contributed by atoms with Crippen molar-refractivity contribution in [3.05, 3.63) is 58.9 Å². The number of hydrogen-bond donors (Lipinski definition) is 0. The van der Waals surface area contributed by atoms with Gasteiger partial charge >= 0.3 is 5.97 Å². The third-order valence-electron chi connectivity index (χ3n) is 3.75. The van der Waals surface area contributed by atoms with Crippen molar-refractivity contribution in [3.8, 4) is 0 Å². The maximum Gasteiger partial charge on any atom is 0.341 e. The first-order valence-electron chi connectivity index (χ1n) is 7.98. The number of pyridine rings is 1. The molecule has 1 aromatic carbocycles. The van der Waals surface area contributed by atoms with Crippen LogP contribution < -0.4 is 0 Å². The Kier molecular flexibility index (Phi) is 5.56. The monoisotopic (exact) mass is 377 g/mol. The minimum absolute atomic E-state index is 0.243. The van der Waals surface area contributed by atoms with Gasteiger partial charge in [-0.25, -0.2) is 14.5 Å². The molecule has 3 aromatic rings. The van der Waals surface area contributed by atoms with Crippen molar-refractivity contribution in [2.24, 2.45) is 0 Å². The maximum atomic E-state index is 12.0. The second-order valence-corrected chi connectivity index (χ2v) is 6.47. The third kappa shape index (κ3) is 3.78. The topological polar surface area (TPSA) is 57.0 Å². The fourth-order valence-corrected chi connectivity index (χ4v) is 3.00. The van der Waals surface area contributed by atoms with Crippen molar-refractivity contribution in [2.45, 2.75) is 25.3 Å². The smallest absolute Gasteiger partial charge is 0.341 e. The van der Waals surface area contributed by atoms with Crippen molar-refractivity contribution < 1.29 is 9.53 Å². The lowest BCUT2D eigenvalue weighted by molar-refractivity contribution is 0.0505. The maximum absolute atomic E-state index is 12.0. The van der Waals surface area contributed by atoms with Gasteiger partial charge in [-0.1, -0.05) is 48.9 Å². The molecule has 2 heterocycles.